The predicted molar refractivity (Wildman–Crippen MR) is 29.2 cm³/mol. The number of aliphatic hydroxyl groups is 1. The van der Waals surface area contributed by atoms with Crippen LogP contribution in [-0.2, 0) is 4.74 Å². The Morgan fingerprint density at radius 3 is 2.75 bits per heavy atom. The fourth-order valence-corrected chi connectivity index (χ4v) is 0.800. The summed E-state index contributed by atoms with van der Waals surface area (Å²) < 4.78 is 4.82. The largest absolute Gasteiger partial charge is 0.368 e. The Morgan fingerprint density at radius 1 is 1.62 bits per heavy atom. The zero-order valence-corrected chi connectivity index (χ0v) is 4.71. The lowest BCUT2D eigenvalue weighted by molar-refractivity contribution is -0.127. The lowest BCUT2D eigenvalue weighted by Gasteiger charge is -2.22. The molecular weight excluding hydrogens is 106 g/mol. The average molecular weight is 117 g/mol. The smallest absolute Gasteiger partial charge is 0.156 e. The maximum absolute atomic E-state index is 8.78. The average Bonchev–Trinajstić information content (AvgIpc) is 1.64. The van der Waals surface area contributed by atoms with Crippen LogP contribution in [0, 0.1) is 0 Å². The first-order valence-corrected chi connectivity index (χ1v) is 2.84. The van der Waals surface area contributed by atoms with Crippen molar-refractivity contribution in [3.8, 4) is 0 Å². The van der Waals surface area contributed by atoms with E-state index in [0.29, 0.717) is 13.0 Å². The van der Waals surface area contributed by atoms with Crippen LogP contribution in [0.15, 0.2) is 0 Å². The minimum Gasteiger partial charge on any atom is -0.368 e. The van der Waals surface area contributed by atoms with E-state index in [0.717, 1.165) is 6.42 Å². The monoisotopic (exact) mass is 117 g/mol. The van der Waals surface area contributed by atoms with Gasteiger partial charge in [-0.3, -0.25) is 0 Å². The summed E-state index contributed by atoms with van der Waals surface area (Å²) in [5, 5.41) is 8.78. The van der Waals surface area contributed by atoms with Crippen molar-refractivity contribution < 1.29 is 9.84 Å². The molecule has 0 radical (unpaired) electrons. The van der Waals surface area contributed by atoms with Crippen molar-refractivity contribution in [2.75, 3.05) is 6.61 Å². The third-order valence-electron chi connectivity index (χ3n) is 1.30. The molecule has 0 spiro atoms. The highest BCUT2D eigenvalue weighted by atomic mass is 16.6. The van der Waals surface area contributed by atoms with E-state index in [4.69, 9.17) is 15.6 Å². The molecule has 1 heterocycles. The van der Waals surface area contributed by atoms with E-state index in [9.17, 15) is 0 Å². The van der Waals surface area contributed by atoms with Gasteiger partial charge in [-0.1, -0.05) is 0 Å². The van der Waals surface area contributed by atoms with Gasteiger partial charge in [-0.05, 0) is 6.42 Å². The number of ether oxygens (including phenoxy) is 1. The van der Waals surface area contributed by atoms with Crippen LogP contribution in [0.5, 0.6) is 0 Å². The first-order valence-electron chi connectivity index (χ1n) is 2.84. The van der Waals surface area contributed by atoms with Crippen LogP contribution in [0.3, 0.4) is 0 Å². The van der Waals surface area contributed by atoms with E-state index in [2.05, 4.69) is 0 Å². The molecule has 0 aliphatic carbocycles. The summed E-state index contributed by atoms with van der Waals surface area (Å²) >= 11 is 0. The Labute approximate surface area is 48.4 Å². The molecule has 8 heavy (non-hydrogen) atoms. The summed E-state index contributed by atoms with van der Waals surface area (Å²) in [5.74, 6) is 0. The number of hydrogen-bond acceptors (Lipinski definition) is 3. The number of nitrogens with two attached hydrogens (primary N) is 1. The van der Waals surface area contributed by atoms with Crippen LogP contribution >= 0.6 is 0 Å². The second-order valence-electron chi connectivity index (χ2n) is 2.11. The molecule has 0 unspecified atom stereocenters. The van der Waals surface area contributed by atoms with Gasteiger partial charge in [0.1, 0.15) is 0 Å². The number of rotatable bonds is 0. The summed E-state index contributed by atoms with van der Waals surface area (Å²) in [4.78, 5) is 0. The molecule has 0 aromatic heterocycles. The summed E-state index contributed by atoms with van der Waals surface area (Å²) in [7, 11) is 0. The Hall–Kier alpha value is -0.120. The van der Waals surface area contributed by atoms with E-state index in [1.807, 2.05) is 0 Å². The Kier molecular flexibility index (Phi) is 1.83. The molecule has 3 heteroatoms. The van der Waals surface area contributed by atoms with Gasteiger partial charge in [-0.2, -0.15) is 0 Å². The van der Waals surface area contributed by atoms with Gasteiger partial charge in [-0.25, -0.2) is 0 Å². The molecule has 1 rings (SSSR count). The van der Waals surface area contributed by atoms with Crippen LogP contribution in [0.25, 0.3) is 0 Å². The van der Waals surface area contributed by atoms with Crippen LogP contribution in [0.2, 0.25) is 0 Å². The van der Waals surface area contributed by atoms with Gasteiger partial charge in [-0.15, -0.1) is 0 Å². The Balaban J connectivity index is 2.23. The first kappa shape index (κ1) is 6.01. The summed E-state index contributed by atoms with van der Waals surface area (Å²) in [5.41, 5.74) is 5.49. The lowest BCUT2D eigenvalue weighted by Crippen LogP contribution is -2.34. The SMILES string of the molecule is N[C@H]1CCO[C@@H](O)C1. The fraction of sp³-hybridized carbons (Fsp3) is 1.00. The van der Waals surface area contributed by atoms with Crippen molar-refractivity contribution in [2.45, 2.75) is 25.2 Å². The van der Waals surface area contributed by atoms with Gasteiger partial charge in [0.2, 0.25) is 0 Å². The second kappa shape index (κ2) is 2.44. The summed E-state index contributed by atoms with van der Waals surface area (Å²) in [6, 6.07) is 0.138. The molecule has 3 nitrogen and oxygen atoms in total. The maximum atomic E-state index is 8.78. The third kappa shape index (κ3) is 1.43. The molecule has 0 aromatic rings. The normalized spacial score (nSPS) is 39.8. The minimum absolute atomic E-state index is 0.138. The van der Waals surface area contributed by atoms with Crippen molar-refractivity contribution in [1.82, 2.24) is 0 Å². The Bertz CT molecular complexity index is 68.8. The van der Waals surface area contributed by atoms with E-state index >= 15 is 0 Å². The molecule has 1 saturated heterocycles. The highest BCUT2D eigenvalue weighted by Crippen LogP contribution is 2.08. The molecule has 1 aliphatic rings. The molecule has 0 bridgehead atoms. The molecular formula is C5H11NO2. The highest BCUT2D eigenvalue weighted by molar-refractivity contribution is 4.66. The topological polar surface area (TPSA) is 55.5 Å². The van der Waals surface area contributed by atoms with Crippen molar-refractivity contribution in [3.05, 3.63) is 0 Å². The van der Waals surface area contributed by atoms with E-state index in [-0.39, 0.29) is 6.04 Å². The molecule has 0 amide bonds. The van der Waals surface area contributed by atoms with Gasteiger partial charge in [0.05, 0.1) is 6.61 Å². The van der Waals surface area contributed by atoms with Crippen molar-refractivity contribution >= 4 is 0 Å². The minimum atomic E-state index is -0.612. The number of aliphatic hydroxyl groups excluding tert-OH is 1. The van der Waals surface area contributed by atoms with Crippen LogP contribution < -0.4 is 5.73 Å². The molecule has 1 fully saturated rings. The molecule has 2 atom stereocenters. The van der Waals surface area contributed by atoms with Gasteiger partial charge in [0, 0.05) is 12.5 Å². The van der Waals surface area contributed by atoms with Gasteiger partial charge >= 0.3 is 0 Å². The molecule has 1 aliphatic heterocycles. The third-order valence-corrected chi connectivity index (χ3v) is 1.30. The van der Waals surface area contributed by atoms with E-state index < -0.39 is 6.29 Å². The highest BCUT2D eigenvalue weighted by Gasteiger charge is 2.15. The number of hydrogen-bond donors (Lipinski definition) is 2. The fourth-order valence-electron chi connectivity index (χ4n) is 0.800. The van der Waals surface area contributed by atoms with Gasteiger partial charge in [0.25, 0.3) is 0 Å². The van der Waals surface area contributed by atoms with Crippen molar-refractivity contribution in [1.29, 1.82) is 0 Å². The van der Waals surface area contributed by atoms with Crippen molar-refractivity contribution in [2.24, 2.45) is 5.73 Å². The zero-order valence-electron chi connectivity index (χ0n) is 4.71. The quantitative estimate of drug-likeness (QED) is 0.447. The van der Waals surface area contributed by atoms with Crippen LogP contribution in [-0.4, -0.2) is 24.0 Å². The molecule has 0 aromatic carbocycles. The van der Waals surface area contributed by atoms with Crippen LogP contribution in [0.1, 0.15) is 12.8 Å². The van der Waals surface area contributed by atoms with Crippen molar-refractivity contribution in [3.63, 3.8) is 0 Å². The molecule has 0 saturated carbocycles. The van der Waals surface area contributed by atoms with E-state index in [1.54, 1.807) is 0 Å². The standard InChI is InChI=1S/C5H11NO2/c6-4-1-2-8-5(7)3-4/h4-5,7H,1-3,6H2/t4-,5+/m0/s1. The van der Waals surface area contributed by atoms with Crippen LogP contribution in [0.4, 0.5) is 0 Å². The Morgan fingerprint density at radius 2 is 2.38 bits per heavy atom. The first-order chi connectivity index (χ1) is 3.79. The maximum Gasteiger partial charge on any atom is 0.156 e. The van der Waals surface area contributed by atoms with Gasteiger partial charge in [0.15, 0.2) is 6.29 Å². The van der Waals surface area contributed by atoms with E-state index in [1.165, 1.54) is 0 Å². The summed E-state index contributed by atoms with van der Waals surface area (Å²) in [6.45, 7) is 0.600. The zero-order chi connectivity index (χ0) is 5.98. The predicted octanol–water partition coefficient (Wildman–Crippen LogP) is -0.558. The second-order valence-corrected chi connectivity index (χ2v) is 2.11. The lowest BCUT2D eigenvalue weighted by atomic mass is 10.1. The molecule has 48 valence electrons. The van der Waals surface area contributed by atoms with Gasteiger partial charge < -0.3 is 15.6 Å². The summed E-state index contributed by atoms with van der Waals surface area (Å²) in [6.07, 6.45) is 0.843. The molecule has 3 N–H and O–H groups in total.